The third-order valence-corrected chi connectivity index (χ3v) is 2.99. The van der Waals surface area contributed by atoms with E-state index in [1.807, 2.05) is 0 Å². The summed E-state index contributed by atoms with van der Waals surface area (Å²) in [5.74, 6) is -1.10. The molecule has 2 aromatic carbocycles. The molecule has 0 heterocycles. The van der Waals surface area contributed by atoms with Crippen molar-refractivity contribution in [1.29, 1.82) is 0 Å². The molecule has 0 unspecified atom stereocenters. The fraction of sp³-hybridized carbons (Fsp3) is 0.125. The summed E-state index contributed by atoms with van der Waals surface area (Å²) in [4.78, 5) is 23.1. The Labute approximate surface area is 131 Å². The molecule has 2 rings (SSSR count). The Bertz CT molecular complexity index is 720. The van der Waals surface area contributed by atoms with Crippen molar-refractivity contribution in [3.63, 3.8) is 0 Å². The summed E-state index contributed by atoms with van der Waals surface area (Å²) >= 11 is 0. The molecule has 0 radical (unpaired) electrons. The van der Waals surface area contributed by atoms with E-state index in [9.17, 15) is 18.4 Å². The lowest BCUT2D eigenvalue weighted by Gasteiger charge is -2.08. The molecule has 2 aromatic rings. The normalized spacial score (nSPS) is 10.4. The molecule has 0 saturated carbocycles. The highest BCUT2D eigenvalue weighted by Crippen LogP contribution is 2.16. The smallest absolute Gasteiger partial charge is 0.387 e. The van der Waals surface area contributed by atoms with E-state index in [1.165, 1.54) is 24.3 Å². The average molecular weight is 320 g/mol. The van der Waals surface area contributed by atoms with Crippen molar-refractivity contribution >= 4 is 11.8 Å². The zero-order chi connectivity index (χ0) is 16.8. The SMILES string of the molecule is NC(=O)c1cccc(CNC(=O)c2cccc(OC(F)F)c2)c1. The molecule has 0 aromatic heterocycles. The van der Waals surface area contributed by atoms with E-state index in [0.717, 1.165) is 0 Å². The molecule has 3 N–H and O–H groups in total. The van der Waals surface area contributed by atoms with Crippen LogP contribution in [0.3, 0.4) is 0 Å². The van der Waals surface area contributed by atoms with E-state index in [0.29, 0.717) is 11.1 Å². The van der Waals surface area contributed by atoms with Gasteiger partial charge in [-0.05, 0) is 35.9 Å². The van der Waals surface area contributed by atoms with Gasteiger partial charge in [-0.15, -0.1) is 0 Å². The zero-order valence-corrected chi connectivity index (χ0v) is 12.0. The summed E-state index contributed by atoms with van der Waals surface area (Å²) in [5.41, 5.74) is 6.40. The zero-order valence-electron chi connectivity index (χ0n) is 12.0. The largest absolute Gasteiger partial charge is 0.435 e. The third-order valence-electron chi connectivity index (χ3n) is 2.99. The van der Waals surface area contributed by atoms with Gasteiger partial charge in [-0.1, -0.05) is 18.2 Å². The molecular formula is C16H14F2N2O3. The Morgan fingerprint density at radius 2 is 1.78 bits per heavy atom. The van der Waals surface area contributed by atoms with Crippen molar-refractivity contribution in [3.05, 3.63) is 65.2 Å². The Morgan fingerprint density at radius 3 is 2.48 bits per heavy atom. The first-order chi connectivity index (χ1) is 11.0. The highest BCUT2D eigenvalue weighted by Gasteiger charge is 2.10. The number of carbonyl (C=O) groups is 2. The van der Waals surface area contributed by atoms with E-state index in [1.54, 1.807) is 24.3 Å². The van der Waals surface area contributed by atoms with Crippen LogP contribution in [-0.2, 0) is 6.54 Å². The maximum Gasteiger partial charge on any atom is 0.387 e. The van der Waals surface area contributed by atoms with E-state index in [-0.39, 0.29) is 17.9 Å². The summed E-state index contributed by atoms with van der Waals surface area (Å²) in [6.07, 6.45) is 0. The molecule has 0 fully saturated rings. The molecule has 5 nitrogen and oxygen atoms in total. The number of carbonyl (C=O) groups excluding carboxylic acids is 2. The molecule has 0 saturated heterocycles. The number of alkyl halides is 2. The standard InChI is InChI=1S/C16H14F2N2O3/c17-16(18)23-13-6-2-5-12(8-13)15(22)20-9-10-3-1-4-11(7-10)14(19)21/h1-8,16H,9H2,(H2,19,21)(H,20,22). The molecular weight excluding hydrogens is 306 g/mol. The van der Waals surface area contributed by atoms with E-state index >= 15 is 0 Å². The lowest BCUT2D eigenvalue weighted by atomic mass is 10.1. The Hall–Kier alpha value is -2.96. The number of benzene rings is 2. The number of rotatable bonds is 6. The van der Waals surface area contributed by atoms with Gasteiger partial charge >= 0.3 is 6.61 Å². The molecule has 0 atom stereocenters. The van der Waals surface area contributed by atoms with E-state index in [4.69, 9.17) is 5.73 Å². The van der Waals surface area contributed by atoms with Crippen LogP contribution in [0.25, 0.3) is 0 Å². The fourth-order valence-corrected chi connectivity index (χ4v) is 1.93. The van der Waals surface area contributed by atoms with Gasteiger partial charge in [0.15, 0.2) is 0 Å². The van der Waals surface area contributed by atoms with Gasteiger partial charge in [-0.25, -0.2) is 0 Å². The minimum atomic E-state index is -2.95. The molecule has 0 aliphatic rings. The van der Waals surface area contributed by atoms with Crippen LogP contribution in [0, 0.1) is 0 Å². The second-order valence-corrected chi connectivity index (χ2v) is 4.65. The van der Waals surface area contributed by atoms with Crippen LogP contribution >= 0.6 is 0 Å². The van der Waals surface area contributed by atoms with Crippen LogP contribution in [0.1, 0.15) is 26.3 Å². The van der Waals surface area contributed by atoms with Gasteiger partial charge in [0, 0.05) is 17.7 Å². The van der Waals surface area contributed by atoms with E-state index in [2.05, 4.69) is 10.1 Å². The quantitative estimate of drug-likeness (QED) is 0.857. The molecule has 7 heteroatoms. The minimum absolute atomic E-state index is 0.0941. The van der Waals surface area contributed by atoms with Crippen molar-refractivity contribution in [2.45, 2.75) is 13.2 Å². The van der Waals surface area contributed by atoms with Gasteiger partial charge in [0.2, 0.25) is 5.91 Å². The Balaban J connectivity index is 2.02. The average Bonchev–Trinajstić information content (AvgIpc) is 2.52. The summed E-state index contributed by atoms with van der Waals surface area (Å²) in [6, 6.07) is 12.0. The van der Waals surface area contributed by atoms with Crippen LogP contribution in [0.4, 0.5) is 8.78 Å². The molecule has 120 valence electrons. The van der Waals surface area contributed by atoms with Gasteiger partial charge in [-0.3, -0.25) is 9.59 Å². The van der Waals surface area contributed by atoms with Gasteiger partial charge in [-0.2, -0.15) is 8.78 Å². The fourth-order valence-electron chi connectivity index (χ4n) is 1.93. The lowest BCUT2D eigenvalue weighted by molar-refractivity contribution is -0.0498. The van der Waals surface area contributed by atoms with Crippen molar-refractivity contribution in [2.24, 2.45) is 5.73 Å². The third kappa shape index (κ3) is 4.77. The number of nitrogens with two attached hydrogens (primary N) is 1. The van der Waals surface area contributed by atoms with Crippen molar-refractivity contribution in [2.75, 3.05) is 0 Å². The summed E-state index contributed by atoms with van der Waals surface area (Å²) in [5, 5.41) is 2.63. The van der Waals surface area contributed by atoms with Gasteiger partial charge < -0.3 is 15.8 Å². The number of ether oxygens (including phenoxy) is 1. The van der Waals surface area contributed by atoms with Crippen LogP contribution in [0.5, 0.6) is 5.75 Å². The lowest BCUT2D eigenvalue weighted by Crippen LogP contribution is -2.23. The number of nitrogens with one attached hydrogen (secondary N) is 1. The molecule has 0 aliphatic carbocycles. The molecule has 0 bridgehead atoms. The van der Waals surface area contributed by atoms with Crippen molar-refractivity contribution < 1.29 is 23.1 Å². The van der Waals surface area contributed by atoms with Crippen LogP contribution in [-0.4, -0.2) is 18.4 Å². The predicted octanol–water partition coefficient (Wildman–Crippen LogP) is 2.32. The topological polar surface area (TPSA) is 81.4 Å². The van der Waals surface area contributed by atoms with Gasteiger partial charge in [0.1, 0.15) is 5.75 Å². The Kier molecular flexibility index (Phi) is 5.24. The van der Waals surface area contributed by atoms with Gasteiger partial charge in [0.05, 0.1) is 0 Å². The summed E-state index contributed by atoms with van der Waals surface area (Å²) in [6.45, 7) is -2.79. The predicted molar refractivity (Wildman–Crippen MR) is 79.2 cm³/mol. The highest BCUT2D eigenvalue weighted by atomic mass is 19.3. The Morgan fingerprint density at radius 1 is 1.09 bits per heavy atom. The summed E-state index contributed by atoms with van der Waals surface area (Å²) < 4.78 is 28.6. The van der Waals surface area contributed by atoms with E-state index < -0.39 is 18.4 Å². The minimum Gasteiger partial charge on any atom is -0.435 e. The van der Waals surface area contributed by atoms with Crippen LogP contribution in [0.2, 0.25) is 0 Å². The number of hydrogen-bond acceptors (Lipinski definition) is 3. The van der Waals surface area contributed by atoms with Crippen molar-refractivity contribution in [1.82, 2.24) is 5.32 Å². The number of primary amides is 1. The van der Waals surface area contributed by atoms with Crippen LogP contribution in [0.15, 0.2) is 48.5 Å². The molecule has 23 heavy (non-hydrogen) atoms. The van der Waals surface area contributed by atoms with Gasteiger partial charge in [0.25, 0.3) is 5.91 Å². The number of amides is 2. The molecule has 2 amide bonds. The first-order valence-electron chi connectivity index (χ1n) is 6.67. The first-order valence-corrected chi connectivity index (χ1v) is 6.67. The monoisotopic (exact) mass is 320 g/mol. The maximum atomic E-state index is 12.2. The van der Waals surface area contributed by atoms with Crippen LogP contribution < -0.4 is 15.8 Å². The second kappa shape index (κ2) is 7.35. The van der Waals surface area contributed by atoms with Crippen molar-refractivity contribution in [3.8, 4) is 5.75 Å². The maximum absolute atomic E-state index is 12.2. The highest BCUT2D eigenvalue weighted by molar-refractivity contribution is 5.95. The molecule has 0 spiro atoms. The summed E-state index contributed by atoms with van der Waals surface area (Å²) in [7, 11) is 0. The molecule has 0 aliphatic heterocycles. The first kappa shape index (κ1) is 16.4. The number of hydrogen-bond donors (Lipinski definition) is 2. The number of halogens is 2. The second-order valence-electron chi connectivity index (χ2n) is 4.65.